The minimum atomic E-state index is 0.0969. The summed E-state index contributed by atoms with van der Waals surface area (Å²) in [5.41, 5.74) is 2.89. The minimum Gasteiger partial charge on any atom is -0.355 e. The fourth-order valence-corrected chi connectivity index (χ4v) is 4.92. The van der Waals surface area contributed by atoms with Gasteiger partial charge in [0.25, 0.3) is 0 Å². The monoisotopic (exact) mass is 381 g/mol. The number of carbonyl (C=O) groups excluding carboxylic acids is 1. The lowest BCUT2D eigenvalue weighted by Gasteiger charge is -2.44. The molecule has 0 radical (unpaired) electrons. The Balaban J connectivity index is 1.38. The molecule has 150 valence electrons. The Morgan fingerprint density at radius 3 is 2.86 bits per heavy atom. The molecule has 1 amide bonds. The molecule has 0 saturated carbocycles. The maximum absolute atomic E-state index is 12.7. The Morgan fingerprint density at radius 2 is 2.04 bits per heavy atom. The van der Waals surface area contributed by atoms with Crippen molar-refractivity contribution in [3.8, 4) is 5.82 Å². The third-order valence-corrected chi connectivity index (χ3v) is 6.43. The van der Waals surface area contributed by atoms with Gasteiger partial charge in [-0.05, 0) is 70.7 Å². The molecule has 2 aromatic heterocycles. The predicted octanol–water partition coefficient (Wildman–Crippen LogP) is 2.81. The minimum absolute atomic E-state index is 0.0969. The van der Waals surface area contributed by atoms with Crippen LogP contribution in [0.15, 0.2) is 24.4 Å². The van der Waals surface area contributed by atoms with Gasteiger partial charge in [-0.2, -0.15) is 5.10 Å². The van der Waals surface area contributed by atoms with Crippen molar-refractivity contribution >= 4 is 5.91 Å². The molecule has 0 unspecified atom stereocenters. The van der Waals surface area contributed by atoms with E-state index < -0.39 is 0 Å². The number of amides is 1. The Bertz CT molecular complexity index is 814. The average molecular weight is 382 g/mol. The molecule has 0 spiro atoms. The van der Waals surface area contributed by atoms with E-state index in [1.807, 2.05) is 36.7 Å². The second kappa shape index (κ2) is 8.43. The molecule has 1 N–H and O–H groups in total. The van der Waals surface area contributed by atoms with Gasteiger partial charge in [0.15, 0.2) is 5.82 Å². The standard InChI is InChI=1S/C22H31N5O/c1-16-19(17(2)27(25-16)21-10-3-5-11-23-21)14-22(28)24-15-18-8-7-13-26-12-6-4-9-20(18)26/h3,5,10-11,18,20H,4,6-9,12-15H2,1-2H3,(H,24,28)/t18-,20+/m1/s1. The van der Waals surface area contributed by atoms with Crippen molar-refractivity contribution in [1.29, 1.82) is 0 Å². The van der Waals surface area contributed by atoms with Crippen LogP contribution in [-0.4, -0.2) is 51.2 Å². The van der Waals surface area contributed by atoms with Gasteiger partial charge in [-0.15, -0.1) is 0 Å². The second-order valence-electron chi connectivity index (χ2n) is 8.23. The summed E-state index contributed by atoms with van der Waals surface area (Å²) < 4.78 is 1.83. The van der Waals surface area contributed by atoms with Crippen LogP contribution in [0, 0.1) is 19.8 Å². The average Bonchev–Trinajstić information content (AvgIpc) is 3.01. The van der Waals surface area contributed by atoms with Crippen molar-refractivity contribution in [2.45, 2.75) is 58.4 Å². The lowest BCUT2D eigenvalue weighted by molar-refractivity contribution is -0.120. The molecule has 6 heteroatoms. The number of piperidine rings is 2. The number of aromatic nitrogens is 3. The SMILES string of the molecule is Cc1nn(-c2ccccn2)c(C)c1CC(=O)NC[C@H]1CCCN2CCCC[C@@H]12. The molecule has 28 heavy (non-hydrogen) atoms. The summed E-state index contributed by atoms with van der Waals surface area (Å²) in [6.45, 7) is 7.25. The van der Waals surface area contributed by atoms with E-state index in [4.69, 9.17) is 0 Å². The van der Waals surface area contributed by atoms with Crippen molar-refractivity contribution in [3.63, 3.8) is 0 Å². The van der Waals surface area contributed by atoms with E-state index in [0.717, 1.165) is 29.3 Å². The van der Waals surface area contributed by atoms with Crippen molar-refractivity contribution in [1.82, 2.24) is 25.0 Å². The highest BCUT2D eigenvalue weighted by Gasteiger charge is 2.33. The zero-order valence-corrected chi connectivity index (χ0v) is 17.0. The first-order chi connectivity index (χ1) is 13.6. The maximum Gasteiger partial charge on any atom is 0.224 e. The lowest BCUT2D eigenvalue weighted by Crippen LogP contribution is -2.51. The zero-order valence-electron chi connectivity index (χ0n) is 17.0. The van der Waals surface area contributed by atoms with E-state index in [1.54, 1.807) is 6.20 Å². The van der Waals surface area contributed by atoms with Crippen molar-refractivity contribution in [3.05, 3.63) is 41.3 Å². The second-order valence-corrected chi connectivity index (χ2v) is 8.23. The molecule has 0 bridgehead atoms. The van der Waals surface area contributed by atoms with Crippen LogP contribution < -0.4 is 5.32 Å². The fraction of sp³-hybridized carbons (Fsp3) is 0.591. The van der Waals surface area contributed by atoms with Crippen LogP contribution in [0.5, 0.6) is 0 Å². The molecule has 2 atom stereocenters. The largest absolute Gasteiger partial charge is 0.355 e. The number of fused-ring (bicyclic) bond motifs is 1. The summed E-state index contributed by atoms with van der Waals surface area (Å²) >= 11 is 0. The van der Waals surface area contributed by atoms with Gasteiger partial charge >= 0.3 is 0 Å². The highest BCUT2D eigenvalue weighted by molar-refractivity contribution is 5.79. The van der Waals surface area contributed by atoms with Gasteiger partial charge in [0, 0.05) is 30.0 Å². The van der Waals surface area contributed by atoms with Crippen LogP contribution in [0.25, 0.3) is 5.82 Å². The molecule has 0 aliphatic carbocycles. The van der Waals surface area contributed by atoms with Crippen molar-refractivity contribution in [2.24, 2.45) is 5.92 Å². The molecular weight excluding hydrogens is 350 g/mol. The van der Waals surface area contributed by atoms with Gasteiger partial charge in [-0.25, -0.2) is 9.67 Å². The number of aryl methyl sites for hydroxylation is 1. The summed E-state index contributed by atoms with van der Waals surface area (Å²) in [6, 6.07) is 6.44. The highest BCUT2D eigenvalue weighted by atomic mass is 16.1. The number of carbonyl (C=O) groups is 1. The normalized spacial score (nSPS) is 22.6. The topological polar surface area (TPSA) is 63.1 Å². The van der Waals surface area contributed by atoms with E-state index in [0.29, 0.717) is 18.4 Å². The van der Waals surface area contributed by atoms with Crippen molar-refractivity contribution in [2.75, 3.05) is 19.6 Å². The molecule has 6 nitrogen and oxygen atoms in total. The van der Waals surface area contributed by atoms with E-state index in [1.165, 1.54) is 45.2 Å². The van der Waals surface area contributed by atoms with E-state index in [9.17, 15) is 4.79 Å². The maximum atomic E-state index is 12.7. The van der Waals surface area contributed by atoms with Crippen LogP contribution in [0.4, 0.5) is 0 Å². The summed E-state index contributed by atoms with van der Waals surface area (Å²) in [5.74, 6) is 1.48. The number of rotatable bonds is 5. The molecule has 2 aromatic rings. The molecular formula is C22H31N5O. The summed E-state index contributed by atoms with van der Waals surface area (Å²) in [4.78, 5) is 19.7. The quantitative estimate of drug-likeness (QED) is 0.865. The first kappa shape index (κ1) is 19.1. The first-order valence-electron chi connectivity index (χ1n) is 10.6. The Kier molecular flexibility index (Phi) is 5.76. The number of hydrogen-bond acceptors (Lipinski definition) is 4. The smallest absolute Gasteiger partial charge is 0.224 e. The predicted molar refractivity (Wildman–Crippen MR) is 109 cm³/mol. The highest BCUT2D eigenvalue weighted by Crippen LogP contribution is 2.30. The summed E-state index contributed by atoms with van der Waals surface area (Å²) in [7, 11) is 0. The van der Waals surface area contributed by atoms with Gasteiger partial charge < -0.3 is 10.2 Å². The van der Waals surface area contributed by atoms with E-state index in [2.05, 4.69) is 20.3 Å². The van der Waals surface area contributed by atoms with Crippen LogP contribution >= 0.6 is 0 Å². The lowest BCUT2D eigenvalue weighted by atomic mass is 9.83. The van der Waals surface area contributed by atoms with Crippen LogP contribution in [-0.2, 0) is 11.2 Å². The number of pyridine rings is 1. The zero-order chi connectivity index (χ0) is 19.5. The van der Waals surface area contributed by atoms with Crippen LogP contribution in [0.2, 0.25) is 0 Å². The molecule has 2 aliphatic rings. The number of nitrogens with zero attached hydrogens (tertiary/aromatic N) is 4. The Hall–Kier alpha value is -2.21. The Labute approximate surface area is 167 Å². The van der Waals surface area contributed by atoms with Gasteiger partial charge in [0.1, 0.15) is 0 Å². The Morgan fingerprint density at radius 1 is 1.18 bits per heavy atom. The van der Waals surface area contributed by atoms with Gasteiger partial charge in [-0.1, -0.05) is 12.5 Å². The molecule has 4 heterocycles. The summed E-state index contributed by atoms with van der Waals surface area (Å²) in [6.07, 6.45) is 8.58. The summed E-state index contributed by atoms with van der Waals surface area (Å²) in [5, 5.41) is 7.82. The third-order valence-electron chi connectivity index (χ3n) is 6.43. The van der Waals surface area contributed by atoms with E-state index >= 15 is 0 Å². The van der Waals surface area contributed by atoms with Gasteiger partial charge in [0.2, 0.25) is 5.91 Å². The van der Waals surface area contributed by atoms with Crippen LogP contribution in [0.3, 0.4) is 0 Å². The molecule has 0 aromatic carbocycles. The molecule has 2 aliphatic heterocycles. The van der Waals surface area contributed by atoms with E-state index in [-0.39, 0.29) is 5.91 Å². The molecule has 2 saturated heterocycles. The van der Waals surface area contributed by atoms with Crippen molar-refractivity contribution < 1.29 is 4.79 Å². The van der Waals surface area contributed by atoms with Gasteiger partial charge in [-0.3, -0.25) is 4.79 Å². The van der Waals surface area contributed by atoms with Crippen LogP contribution in [0.1, 0.15) is 49.1 Å². The fourth-order valence-electron chi connectivity index (χ4n) is 4.92. The van der Waals surface area contributed by atoms with Gasteiger partial charge in [0.05, 0.1) is 12.1 Å². The number of hydrogen-bond donors (Lipinski definition) is 1. The molecule has 4 rings (SSSR count). The first-order valence-corrected chi connectivity index (χ1v) is 10.6. The molecule has 2 fully saturated rings. The number of nitrogens with one attached hydrogen (secondary N) is 1. The third kappa shape index (κ3) is 3.97.